The number of hydrogen-bond acceptors (Lipinski definition) is 15. The molecule has 5 aromatic heterocycles. The molecule has 6 rings (SSSR count). The number of hydrogen-bond donors (Lipinski definition) is 2. The number of pyridine rings is 3. The van der Waals surface area contributed by atoms with Crippen molar-refractivity contribution in [1.82, 2.24) is 35.3 Å². The van der Waals surface area contributed by atoms with Gasteiger partial charge in [0, 0.05) is 28.5 Å². The van der Waals surface area contributed by atoms with Gasteiger partial charge in [0.05, 0.1) is 46.4 Å². The maximum atomic E-state index is 13.2. The fourth-order valence-corrected chi connectivity index (χ4v) is 6.25. The third-order valence-corrected chi connectivity index (χ3v) is 9.43. The minimum atomic E-state index is -2.83. The number of aromatic nitrogens is 7. The summed E-state index contributed by atoms with van der Waals surface area (Å²) in [6, 6.07) is 9.83. The van der Waals surface area contributed by atoms with Crippen molar-refractivity contribution in [2.24, 2.45) is 0 Å². The topological polar surface area (TPSA) is 185 Å². The number of nitrogens with one attached hydrogen (secondary N) is 2. The standard InChI is InChI=1S/C18H17ClN4O3S.C16H12ClF2N5O3S/c1-4-10-5-6-11(16(24)21-17-22-23-18(26-3)27-17)12(7-10)13-8-15(19)20-9-14(13)25-2;1-26-11-6-21-12(17)4-8(11)7-3-10(13(18)19)20-5-9(7)14(25)22-15-23-24-16(27-2)28-15/h5-9H,4H2,1-3H3,(H,21,22,24);3-6,13H,1-2H3,(H,22,23,25). The van der Waals surface area contributed by atoms with Crippen LogP contribution in [-0.4, -0.2) is 75.6 Å². The summed E-state index contributed by atoms with van der Waals surface area (Å²) in [6.45, 7) is 2.04. The third-order valence-electron chi connectivity index (χ3n) is 7.42. The van der Waals surface area contributed by atoms with E-state index >= 15 is 0 Å². The quantitative estimate of drug-likeness (QED) is 0.113. The number of ether oxygens (including phenoxy) is 4. The van der Waals surface area contributed by atoms with Crippen LogP contribution in [0.5, 0.6) is 21.9 Å². The summed E-state index contributed by atoms with van der Waals surface area (Å²) < 4.78 is 46.9. The molecule has 2 N–H and O–H groups in total. The highest BCUT2D eigenvalue weighted by Gasteiger charge is 2.23. The van der Waals surface area contributed by atoms with Gasteiger partial charge in [-0.2, -0.15) is 0 Å². The van der Waals surface area contributed by atoms with Crippen LogP contribution in [0.3, 0.4) is 0 Å². The van der Waals surface area contributed by atoms with Gasteiger partial charge in [-0.1, -0.05) is 52.5 Å². The highest BCUT2D eigenvalue weighted by atomic mass is 35.5. The van der Waals surface area contributed by atoms with Gasteiger partial charge in [0.15, 0.2) is 0 Å². The molecule has 15 nitrogen and oxygen atoms in total. The Bertz CT molecular complexity index is 2320. The number of carbonyl (C=O) groups excluding carboxylic acids is 2. The maximum Gasteiger partial charge on any atom is 0.295 e. The van der Waals surface area contributed by atoms with Gasteiger partial charge in [0.2, 0.25) is 10.3 Å². The Morgan fingerprint density at radius 1 is 0.673 bits per heavy atom. The SMILES string of the molecule is CCc1ccc(C(=O)Nc2nnc(OC)s2)c(-c2cc(Cl)ncc2OC)c1.COc1nnc(NC(=O)c2cnc(C(F)F)cc2-c2cc(Cl)ncc2OC)s1. The first kappa shape index (κ1) is 40.6. The minimum absolute atomic E-state index is 0.0131. The summed E-state index contributed by atoms with van der Waals surface area (Å²) in [4.78, 5) is 37.2. The van der Waals surface area contributed by atoms with E-state index in [0.29, 0.717) is 43.5 Å². The van der Waals surface area contributed by atoms with Gasteiger partial charge in [0.1, 0.15) is 27.5 Å². The smallest absolute Gasteiger partial charge is 0.295 e. The van der Waals surface area contributed by atoms with Crippen LogP contribution in [0, 0.1) is 0 Å². The van der Waals surface area contributed by atoms with E-state index in [9.17, 15) is 18.4 Å². The molecule has 0 aliphatic rings. The van der Waals surface area contributed by atoms with Crippen LogP contribution in [0.15, 0.2) is 55.0 Å². The first-order valence-corrected chi connectivity index (χ1v) is 18.1. The first-order chi connectivity index (χ1) is 26.5. The number of aryl methyl sites for hydroxylation is 1. The Morgan fingerprint density at radius 3 is 1.64 bits per heavy atom. The first-order valence-electron chi connectivity index (χ1n) is 15.7. The molecule has 0 saturated heterocycles. The van der Waals surface area contributed by atoms with Crippen LogP contribution in [-0.2, 0) is 6.42 Å². The zero-order valence-corrected chi connectivity index (χ0v) is 32.5. The number of amides is 2. The van der Waals surface area contributed by atoms with Crippen molar-refractivity contribution in [2.45, 2.75) is 19.8 Å². The Balaban J connectivity index is 0.000000211. The van der Waals surface area contributed by atoms with Crippen LogP contribution in [0.25, 0.3) is 22.3 Å². The van der Waals surface area contributed by atoms with Crippen LogP contribution in [0.2, 0.25) is 10.3 Å². The summed E-state index contributed by atoms with van der Waals surface area (Å²) in [5.74, 6) is -0.166. The maximum absolute atomic E-state index is 13.2. The summed E-state index contributed by atoms with van der Waals surface area (Å²) >= 11 is 14.2. The number of halogens is 4. The van der Waals surface area contributed by atoms with Crippen molar-refractivity contribution in [3.8, 4) is 44.1 Å². The second kappa shape index (κ2) is 18.6. The average molecular weight is 833 g/mol. The Labute approximate surface area is 330 Å². The van der Waals surface area contributed by atoms with Crippen molar-refractivity contribution in [2.75, 3.05) is 39.1 Å². The van der Waals surface area contributed by atoms with Crippen LogP contribution >= 0.6 is 45.9 Å². The summed E-state index contributed by atoms with van der Waals surface area (Å²) in [7, 11) is 5.84. The second-order valence-electron chi connectivity index (χ2n) is 10.7. The van der Waals surface area contributed by atoms with E-state index < -0.39 is 18.0 Å². The normalized spacial score (nSPS) is 10.7. The van der Waals surface area contributed by atoms with Crippen LogP contribution < -0.4 is 29.6 Å². The van der Waals surface area contributed by atoms with Gasteiger partial charge in [-0.05, 0) is 64.5 Å². The summed E-state index contributed by atoms with van der Waals surface area (Å²) in [6.07, 6.45) is 1.92. The van der Waals surface area contributed by atoms with Crippen molar-refractivity contribution >= 4 is 68.0 Å². The van der Waals surface area contributed by atoms with E-state index in [1.165, 1.54) is 39.8 Å². The zero-order chi connectivity index (χ0) is 39.6. The van der Waals surface area contributed by atoms with E-state index in [2.05, 4.69) is 46.0 Å². The van der Waals surface area contributed by atoms with Crippen molar-refractivity contribution < 1.29 is 37.3 Å². The molecular formula is C34H29Cl2F2N9O6S2. The van der Waals surface area contributed by atoms with Gasteiger partial charge in [-0.25, -0.2) is 18.7 Å². The molecule has 1 aromatic carbocycles. The zero-order valence-electron chi connectivity index (χ0n) is 29.4. The molecule has 0 aliphatic heterocycles. The van der Waals surface area contributed by atoms with Gasteiger partial charge >= 0.3 is 0 Å². The number of alkyl halides is 2. The van der Waals surface area contributed by atoms with Crippen molar-refractivity contribution in [3.05, 3.63) is 87.7 Å². The molecule has 55 heavy (non-hydrogen) atoms. The molecule has 5 heterocycles. The second-order valence-corrected chi connectivity index (χ2v) is 13.3. The number of rotatable bonds is 12. The third kappa shape index (κ3) is 9.92. The average Bonchev–Trinajstić information content (AvgIpc) is 3.86. The molecule has 0 unspecified atom stereocenters. The molecule has 0 atom stereocenters. The molecule has 286 valence electrons. The lowest BCUT2D eigenvalue weighted by Crippen LogP contribution is -2.14. The molecule has 0 bridgehead atoms. The predicted molar refractivity (Wildman–Crippen MR) is 203 cm³/mol. The van der Waals surface area contributed by atoms with Crippen LogP contribution in [0.1, 0.15) is 45.3 Å². The Morgan fingerprint density at radius 2 is 1.18 bits per heavy atom. The Hall–Kier alpha value is -5.63. The molecule has 6 aromatic rings. The molecule has 21 heteroatoms. The largest absolute Gasteiger partial charge is 0.494 e. The summed E-state index contributed by atoms with van der Waals surface area (Å²) in [5.41, 5.74) is 2.90. The van der Waals surface area contributed by atoms with E-state index in [0.717, 1.165) is 46.9 Å². The molecule has 2 amide bonds. The molecule has 0 spiro atoms. The lowest BCUT2D eigenvalue weighted by molar-refractivity contribution is 0.101. The lowest BCUT2D eigenvalue weighted by atomic mass is 9.96. The molecule has 0 saturated carbocycles. The fourth-order valence-electron chi connectivity index (χ4n) is 4.82. The van der Waals surface area contributed by atoms with Crippen LogP contribution in [0.4, 0.5) is 19.0 Å². The van der Waals surface area contributed by atoms with Gasteiger partial charge in [-0.15, -0.1) is 10.2 Å². The predicted octanol–water partition coefficient (Wildman–Crippen LogP) is 7.94. The fraction of sp³-hybridized carbons (Fsp3) is 0.206. The van der Waals surface area contributed by atoms with Crippen molar-refractivity contribution in [3.63, 3.8) is 0 Å². The highest BCUT2D eigenvalue weighted by molar-refractivity contribution is 7.17. The number of carbonyl (C=O) groups is 2. The van der Waals surface area contributed by atoms with Crippen molar-refractivity contribution in [1.29, 1.82) is 0 Å². The number of nitrogens with zero attached hydrogens (tertiary/aromatic N) is 7. The number of anilines is 2. The minimum Gasteiger partial charge on any atom is -0.494 e. The van der Waals surface area contributed by atoms with Gasteiger partial charge in [0.25, 0.3) is 28.6 Å². The number of benzene rings is 1. The molecule has 0 aliphatic carbocycles. The molecule has 0 fully saturated rings. The van der Waals surface area contributed by atoms with E-state index in [1.54, 1.807) is 19.2 Å². The molecule has 0 radical (unpaired) electrons. The molecular weight excluding hydrogens is 803 g/mol. The Kier molecular flexibility index (Phi) is 13.7. The van der Waals surface area contributed by atoms with E-state index in [4.69, 9.17) is 42.1 Å². The monoisotopic (exact) mass is 831 g/mol. The van der Waals surface area contributed by atoms with Gasteiger partial charge < -0.3 is 18.9 Å². The van der Waals surface area contributed by atoms with E-state index in [1.807, 2.05) is 19.1 Å². The summed E-state index contributed by atoms with van der Waals surface area (Å²) in [5, 5.41) is 22.0. The highest BCUT2D eigenvalue weighted by Crippen LogP contribution is 2.37. The van der Waals surface area contributed by atoms with Gasteiger partial charge in [-0.3, -0.25) is 25.2 Å². The lowest BCUT2D eigenvalue weighted by Gasteiger charge is -2.14. The van der Waals surface area contributed by atoms with E-state index in [-0.39, 0.29) is 38.3 Å². The number of methoxy groups -OCH3 is 4.